The summed E-state index contributed by atoms with van der Waals surface area (Å²) in [5.41, 5.74) is 4.54. The van der Waals surface area contributed by atoms with E-state index in [1.807, 2.05) is 32.0 Å². The van der Waals surface area contributed by atoms with Gasteiger partial charge in [0, 0.05) is 22.5 Å². The van der Waals surface area contributed by atoms with E-state index in [9.17, 15) is 9.59 Å². The van der Waals surface area contributed by atoms with Gasteiger partial charge in [0.1, 0.15) is 0 Å². The van der Waals surface area contributed by atoms with E-state index in [4.69, 9.17) is 4.42 Å². The van der Waals surface area contributed by atoms with Gasteiger partial charge in [0.05, 0.1) is 6.26 Å². The van der Waals surface area contributed by atoms with Gasteiger partial charge >= 0.3 is 0 Å². The Morgan fingerprint density at radius 3 is 2.15 bits per heavy atom. The average molecular weight is 348 g/mol. The summed E-state index contributed by atoms with van der Waals surface area (Å²) in [4.78, 5) is 24.8. The molecule has 0 fully saturated rings. The molecule has 1 heterocycles. The molecule has 0 saturated carbocycles. The quantitative estimate of drug-likeness (QED) is 0.717. The first-order valence-electron chi connectivity index (χ1n) is 8.29. The zero-order valence-corrected chi connectivity index (χ0v) is 14.9. The minimum absolute atomic E-state index is 0.229. The highest BCUT2D eigenvalue weighted by Gasteiger charge is 2.14. The van der Waals surface area contributed by atoms with Crippen LogP contribution in [0, 0.1) is 20.8 Å². The molecule has 0 spiro atoms. The summed E-state index contributed by atoms with van der Waals surface area (Å²) < 4.78 is 5.19. The van der Waals surface area contributed by atoms with Crippen molar-refractivity contribution in [2.45, 2.75) is 20.8 Å². The van der Waals surface area contributed by atoms with Crippen LogP contribution in [0.15, 0.2) is 59.2 Å². The van der Waals surface area contributed by atoms with Crippen LogP contribution in [0.25, 0.3) is 0 Å². The molecule has 0 unspecified atom stereocenters. The molecular weight excluding hydrogens is 328 g/mol. The maximum Gasteiger partial charge on any atom is 0.291 e. The van der Waals surface area contributed by atoms with Crippen molar-refractivity contribution in [3.8, 4) is 0 Å². The second kappa shape index (κ2) is 7.27. The summed E-state index contributed by atoms with van der Waals surface area (Å²) in [5.74, 6) is -0.317. The normalized spacial score (nSPS) is 10.4. The van der Waals surface area contributed by atoms with E-state index in [2.05, 4.69) is 10.6 Å². The predicted molar refractivity (Wildman–Crippen MR) is 102 cm³/mol. The van der Waals surface area contributed by atoms with Crippen LogP contribution in [0.1, 0.15) is 37.6 Å². The second-order valence-electron chi connectivity index (χ2n) is 6.19. The number of carbonyl (C=O) groups is 2. The molecule has 26 heavy (non-hydrogen) atoms. The Labute approximate surface area is 152 Å². The Balaban J connectivity index is 1.77. The molecule has 132 valence electrons. The highest BCUT2D eigenvalue weighted by atomic mass is 16.3. The molecule has 0 aliphatic rings. The molecule has 1 aromatic heterocycles. The SMILES string of the molecule is Cc1ccoc1C(=O)Nc1cccc(C(=O)Nc2c(C)cccc2C)c1. The average Bonchev–Trinajstić information content (AvgIpc) is 3.04. The van der Waals surface area contributed by atoms with Gasteiger partial charge in [-0.25, -0.2) is 0 Å². The summed E-state index contributed by atoms with van der Waals surface area (Å²) in [7, 11) is 0. The Kier molecular flexibility index (Phi) is 4.89. The molecule has 2 N–H and O–H groups in total. The van der Waals surface area contributed by atoms with Gasteiger partial charge < -0.3 is 15.1 Å². The molecule has 0 bridgehead atoms. The fourth-order valence-electron chi connectivity index (χ4n) is 2.73. The molecule has 2 amide bonds. The number of para-hydroxylation sites is 1. The third-order valence-electron chi connectivity index (χ3n) is 4.17. The lowest BCUT2D eigenvalue weighted by atomic mass is 10.1. The smallest absolute Gasteiger partial charge is 0.291 e. The Bertz CT molecular complexity index is 953. The van der Waals surface area contributed by atoms with Gasteiger partial charge in [-0.3, -0.25) is 9.59 Å². The van der Waals surface area contributed by atoms with E-state index in [0.29, 0.717) is 11.3 Å². The lowest BCUT2D eigenvalue weighted by Gasteiger charge is -2.12. The number of aryl methyl sites for hydroxylation is 3. The van der Waals surface area contributed by atoms with Crippen LogP contribution in [0.2, 0.25) is 0 Å². The third-order valence-corrected chi connectivity index (χ3v) is 4.17. The zero-order chi connectivity index (χ0) is 18.7. The number of hydrogen-bond acceptors (Lipinski definition) is 3. The maximum absolute atomic E-state index is 12.6. The first kappa shape index (κ1) is 17.5. The van der Waals surface area contributed by atoms with Crippen LogP contribution < -0.4 is 10.6 Å². The van der Waals surface area contributed by atoms with Crippen molar-refractivity contribution >= 4 is 23.2 Å². The van der Waals surface area contributed by atoms with Crippen molar-refractivity contribution in [2.24, 2.45) is 0 Å². The Hall–Kier alpha value is -3.34. The summed E-state index contributed by atoms with van der Waals surface area (Å²) >= 11 is 0. The van der Waals surface area contributed by atoms with Crippen molar-refractivity contribution in [3.05, 3.63) is 82.8 Å². The third kappa shape index (κ3) is 3.67. The number of hydrogen-bond donors (Lipinski definition) is 2. The van der Waals surface area contributed by atoms with Crippen molar-refractivity contribution in [3.63, 3.8) is 0 Å². The summed E-state index contributed by atoms with van der Waals surface area (Å²) in [6.07, 6.45) is 1.47. The van der Waals surface area contributed by atoms with Gasteiger partial charge in [-0.1, -0.05) is 24.3 Å². The van der Waals surface area contributed by atoms with Crippen LogP contribution in [0.3, 0.4) is 0 Å². The van der Waals surface area contributed by atoms with Crippen LogP contribution in [-0.4, -0.2) is 11.8 Å². The van der Waals surface area contributed by atoms with Gasteiger partial charge in [0.15, 0.2) is 5.76 Å². The van der Waals surface area contributed by atoms with Gasteiger partial charge in [-0.15, -0.1) is 0 Å². The van der Waals surface area contributed by atoms with E-state index in [1.165, 1.54) is 6.26 Å². The molecule has 0 saturated heterocycles. The molecule has 3 aromatic rings. The molecule has 0 aliphatic heterocycles. The second-order valence-corrected chi connectivity index (χ2v) is 6.19. The molecular formula is C21H20N2O3. The molecule has 5 heteroatoms. The largest absolute Gasteiger partial charge is 0.459 e. The summed E-state index contributed by atoms with van der Waals surface area (Å²) in [5, 5.41) is 5.70. The molecule has 3 rings (SSSR count). The first-order chi connectivity index (χ1) is 12.5. The van der Waals surface area contributed by atoms with Gasteiger partial charge in [-0.2, -0.15) is 0 Å². The standard InChI is InChI=1S/C21H20N2O3/c1-13-6-4-7-14(2)18(13)23-20(24)16-8-5-9-17(12-16)22-21(25)19-15(3)10-11-26-19/h4-12H,1-3H3,(H,22,25)(H,23,24). The monoisotopic (exact) mass is 348 g/mol. The molecule has 0 aliphatic carbocycles. The molecule has 2 aromatic carbocycles. The van der Waals surface area contributed by atoms with Crippen molar-refractivity contribution in [2.75, 3.05) is 10.6 Å². The number of nitrogens with one attached hydrogen (secondary N) is 2. The molecule has 0 radical (unpaired) electrons. The lowest BCUT2D eigenvalue weighted by molar-refractivity contribution is 0.0992. The maximum atomic E-state index is 12.6. The minimum Gasteiger partial charge on any atom is -0.459 e. The minimum atomic E-state index is -0.347. The van der Waals surface area contributed by atoms with E-state index >= 15 is 0 Å². The Morgan fingerprint density at radius 1 is 0.808 bits per heavy atom. The number of rotatable bonds is 4. The summed E-state index contributed by atoms with van der Waals surface area (Å²) in [6.45, 7) is 5.70. The highest BCUT2D eigenvalue weighted by Crippen LogP contribution is 2.21. The number of benzene rings is 2. The van der Waals surface area contributed by atoms with Crippen LogP contribution >= 0.6 is 0 Å². The van der Waals surface area contributed by atoms with E-state index < -0.39 is 0 Å². The number of anilines is 2. The zero-order valence-electron chi connectivity index (χ0n) is 14.9. The number of amides is 2. The predicted octanol–water partition coefficient (Wildman–Crippen LogP) is 4.71. The highest BCUT2D eigenvalue weighted by molar-refractivity contribution is 6.07. The van der Waals surface area contributed by atoms with Gasteiger partial charge in [0.2, 0.25) is 0 Å². The molecule has 5 nitrogen and oxygen atoms in total. The molecule has 0 atom stereocenters. The van der Waals surface area contributed by atoms with E-state index in [1.54, 1.807) is 37.3 Å². The van der Waals surface area contributed by atoms with Crippen LogP contribution in [0.5, 0.6) is 0 Å². The van der Waals surface area contributed by atoms with Gasteiger partial charge in [-0.05, 0) is 56.2 Å². The van der Waals surface area contributed by atoms with Crippen molar-refractivity contribution in [1.82, 2.24) is 0 Å². The topological polar surface area (TPSA) is 71.3 Å². The fourth-order valence-corrected chi connectivity index (χ4v) is 2.73. The van der Waals surface area contributed by atoms with Gasteiger partial charge in [0.25, 0.3) is 11.8 Å². The van der Waals surface area contributed by atoms with Crippen LogP contribution in [-0.2, 0) is 0 Å². The lowest BCUT2D eigenvalue weighted by Crippen LogP contribution is -2.15. The van der Waals surface area contributed by atoms with Crippen LogP contribution in [0.4, 0.5) is 11.4 Å². The number of furan rings is 1. The van der Waals surface area contributed by atoms with Crippen molar-refractivity contribution in [1.29, 1.82) is 0 Å². The van der Waals surface area contributed by atoms with E-state index in [-0.39, 0.29) is 17.6 Å². The fraction of sp³-hybridized carbons (Fsp3) is 0.143. The summed E-state index contributed by atoms with van der Waals surface area (Å²) in [6, 6.07) is 14.4. The number of carbonyl (C=O) groups excluding carboxylic acids is 2. The Morgan fingerprint density at radius 2 is 1.50 bits per heavy atom. The van der Waals surface area contributed by atoms with Crippen molar-refractivity contribution < 1.29 is 14.0 Å². The van der Waals surface area contributed by atoms with E-state index in [0.717, 1.165) is 22.4 Å². The first-order valence-corrected chi connectivity index (χ1v) is 8.29.